The third kappa shape index (κ3) is 6.23. The summed E-state index contributed by atoms with van der Waals surface area (Å²) < 4.78 is 5.23. The molecule has 0 bridgehead atoms. The van der Waals surface area contributed by atoms with Gasteiger partial charge in [-0.3, -0.25) is 5.32 Å². The van der Waals surface area contributed by atoms with Crippen molar-refractivity contribution in [3.63, 3.8) is 0 Å². The predicted molar refractivity (Wildman–Crippen MR) is 110 cm³/mol. The van der Waals surface area contributed by atoms with Crippen LogP contribution in [0.2, 0.25) is 5.28 Å². The summed E-state index contributed by atoms with van der Waals surface area (Å²) in [6, 6.07) is 7.49. The van der Waals surface area contributed by atoms with E-state index in [9.17, 15) is 4.79 Å². The van der Waals surface area contributed by atoms with Gasteiger partial charge >= 0.3 is 6.09 Å². The second kappa shape index (κ2) is 8.60. The lowest BCUT2D eigenvalue weighted by molar-refractivity contribution is 0.0636. The van der Waals surface area contributed by atoms with Crippen LogP contribution in [-0.2, 0) is 4.74 Å². The fraction of sp³-hybridized carbons (Fsp3) is 0.474. The summed E-state index contributed by atoms with van der Waals surface area (Å²) in [5, 5.41) is 9.22. The molecule has 1 fully saturated rings. The van der Waals surface area contributed by atoms with Gasteiger partial charge in [-0.25, -0.2) is 4.79 Å². The maximum atomic E-state index is 11.8. The minimum absolute atomic E-state index is 0.126. The standard InChI is InChI=1S/C19H25ClN6O2/c1-19(2,3)28-18(27)23-14-10-8-13(9-11-14)22-17-25-15(20)24-16(26-17)21-12-6-4-5-7-12/h8-12H,4-7H2,1-3H3,(H,23,27)(H2,21,22,24,25,26). The summed E-state index contributed by atoms with van der Waals surface area (Å²) >= 11 is 6.03. The summed E-state index contributed by atoms with van der Waals surface area (Å²) in [5.74, 6) is 0.825. The number of nitrogens with one attached hydrogen (secondary N) is 3. The van der Waals surface area contributed by atoms with E-state index in [1.165, 1.54) is 12.8 Å². The molecule has 3 N–H and O–H groups in total. The normalized spacial score (nSPS) is 14.6. The molecule has 1 aromatic heterocycles. The van der Waals surface area contributed by atoms with Gasteiger partial charge in [-0.15, -0.1) is 0 Å². The lowest BCUT2D eigenvalue weighted by Crippen LogP contribution is -2.27. The van der Waals surface area contributed by atoms with Crippen LogP contribution in [0.3, 0.4) is 0 Å². The lowest BCUT2D eigenvalue weighted by Gasteiger charge is -2.19. The fourth-order valence-corrected chi connectivity index (χ4v) is 3.07. The second-order valence-corrected chi connectivity index (χ2v) is 8.04. The number of hydrogen-bond acceptors (Lipinski definition) is 7. The predicted octanol–water partition coefficient (Wildman–Crippen LogP) is 4.97. The van der Waals surface area contributed by atoms with Crippen LogP contribution in [0.25, 0.3) is 0 Å². The maximum absolute atomic E-state index is 11.8. The van der Waals surface area contributed by atoms with Gasteiger partial charge in [0.05, 0.1) is 0 Å². The Labute approximate surface area is 169 Å². The third-order valence-electron chi connectivity index (χ3n) is 4.08. The SMILES string of the molecule is CC(C)(C)OC(=O)Nc1ccc(Nc2nc(Cl)nc(NC3CCCC3)n2)cc1. The minimum atomic E-state index is -0.548. The number of ether oxygens (including phenoxy) is 1. The first-order chi connectivity index (χ1) is 13.3. The van der Waals surface area contributed by atoms with Crippen molar-refractivity contribution < 1.29 is 9.53 Å². The smallest absolute Gasteiger partial charge is 0.412 e. The summed E-state index contributed by atoms with van der Waals surface area (Å²) in [7, 11) is 0. The van der Waals surface area contributed by atoms with Crippen molar-refractivity contribution in [3.8, 4) is 0 Å². The number of hydrogen-bond donors (Lipinski definition) is 3. The molecule has 0 aliphatic heterocycles. The molecule has 2 aromatic rings. The van der Waals surface area contributed by atoms with Crippen LogP contribution in [0.1, 0.15) is 46.5 Å². The lowest BCUT2D eigenvalue weighted by atomic mass is 10.2. The molecule has 0 atom stereocenters. The van der Waals surface area contributed by atoms with E-state index in [1.807, 2.05) is 20.8 Å². The Morgan fingerprint density at radius 2 is 1.64 bits per heavy atom. The van der Waals surface area contributed by atoms with Crippen molar-refractivity contribution in [2.24, 2.45) is 0 Å². The van der Waals surface area contributed by atoms with E-state index in [4.69, 9.17) is 16.3 Å². The Morgan fingerprint density at radius 3 is 2.29 bits per heavy atom. The van der Waals surface area contributed by atoms with Crippen molar-refractivity contribution in [1.82, 2.24) is 15.0 Å². The van der Waals surface area contributed by atoms with E-state index in [0.29, 0.717) is 23.6 Å². The number of anilines is 4. The Balaban J connectivity index is 1.62. The highest BCUT2D eigenvalue weighted by Crippen LogP contribution is 2.23. The molecule has 8 nitrogen and oxygen atoms in total. The van der Waals surface area contributed by atoms with Crippen molar-refractivity contribution in [2.75, 3.05) is 16.0 Å². The zero-order valence-electron chi connectivity index (χ0n) is 16.3. The third-order valence-corrected chi connectivity index (χ3v) is 4.25. The van der Waals surface area contributed by atoms with E-state index in [0.717, 1.165) is 18.5 Å². The molecule has 1 aliphatic carbocycles. The average molecular weight is 405 g/mol. The first kappa shape index (κ1) is 20.1. The van der Waals surface area contributed by atoms with Gasteiger partial charge in [0.1, 0.15) is 5.60 Å². The quantitative estimate of drug-likeness (QED) is 0.646. The molecule has 1 saturated carbocycles. The number of rotatable bonds is 5. The Hall–Kier alpha value is -2.61. The highest BCUT2D eigenvalue weighted by atomic mass is 35.5. The van der Waals surface area contributed by atoms with Crippen molar-refractivity contribution >= 4 is 41.0 Å². The van der Waals surface area contributed by atoms with E-state index < -0.39 is 11.7 Å². The van der Waals surface area contributed by atoms with Crippen LogP contribution in [0.15, 0.2) is 24.3 Å². The molecular weight excluding hydrogens is 380 g/mol. The van der Waals surface area contributed by atoms with Gasteiger partial charge < -0.3 is 15.4 Å². The van der Waals surface area contributed by atoms with Crippen LogP contribution >= 0.6 is 11.6 Å². The monoisotopic (exact) mass is 404 g/mol. The molecule has 0 saturated heterocycles. The number of benzene rings is 1. The molecule has 1 amide bonds. The number of nitrogens with zero attached hydrogens (tertiary/aromatic N) is 3. The van der Waals surface area contributed by atoms with E-state index >= 15 is 0 Å². The summed E-state index contributed by atoms with van der Waals surface area (Å²) in [6.45, 7) is 5.44. The number of carbonyl (C=O) groups is 1. The number of aromatic nitrogens is 3. The molecule has 28 heavy (non-hydrogen) atoms. The molecule has 0 spiro atoms. The van der Waals surface area contributed by atoms with Gasteiger partial charge in [0.2, 0.25) is 17.2 Å². The highest BCUT2D eigenvalue weighted by molar-refractivity contribution is 6.28. The number of halogens is 1. The Bertz CT molecular complexity index is 816. The van der Waals surface area contributed by atoms with Crippen LogP contribution in [0.5, 0.6) is 0 Å². The topological polar surface area (TPSA) is 101 Å². The molecular formula is C19H25ClN6O2. The van der Waals surface area contributed by atoms with Gasteiger partial charge in [0.25, 0.3) is 0 Å². The Kier molecular flexibility index (Phi) is 6.18. The zero-order chi connectivity index (χ0) is 20.1. The minimum Gasteiger partial charge on any atom is -0.444 e. The molecule has 150 valence electrons. The molecule has 0 radical (unpaired) electrons. The van der Waals surface area contributed by atoms with E-state index in [1.54, 1.807) is 24.3 Å². The summed E-state index contributed by atoms with van der Waals surface area (Å²) in [4.78, 5) is 24.5. The summed E-state index contributed by atoms with van der Waals surface area (Å²) in [6.07, 6.45) is 4.15. The first-order valence-corrected chi connectivity index (χ1v) is 9.70. The van der Waals surface area contributed by atoms with Gasteiger partial charge in [0.15, 0.2) is 0 Å². The molecule has 1 heterocycles. The van der Waals surface area contributed by atoms with Crippen LogP contribution in [0.4, 0.5) is 28.1 Å². The van der Waals surface area contributed by atoms with E-state index in [2.05, 4.69) is 30.9 Å². The second-order valence-electron chi connectivity index (χ2n) is 7.71. The van der Waals surface area contributed by atoms with Crippen LogP contribution in [0, 0.1) is 0 Å². The fourth-order valence-electron chi connectivity index (χ4n) is 2.91. The van der Waals surface area contributed by atoms with Gasteiger partial charge in [0, 0.05) is 17.4 Å². The highest BCUT2D eigenvalue weighted by Gasteiger charge is 2.17. The molecule has 1 aliphatic rings. The molecule has 0 unspecified atom stereocenters. The maximum Gasteiger partial charge on any atom is 0.412 e. The largest absolute Gasteiger partial charge is 0.444 e. The van der Waals surface area contributed by atoms with Gasteiger partial charge in [-0.1, -0.05) is 12.8 Å². The Morgan fingerprint density at radius 1 is 1.04 bits per heavy atom. The first-order valence-electron chi connectivity index (χ1n) is 9.32. The van der Waals surface area contributed by atoms with Crippen molar-refractivity contribution in [3.05, 3.63) is 29.5 Å². The number of carbonyl (C=O) groups excluding carboxylic acids is 1. The number of amides is 1. The molecule has 9 heteroatoms. The molecule has 3 rings (SSSR count). The van der Waals surface area contributed by atoms with Crippen LogP contribution in [-0.4, -0.2) is 32.7 Å². The summed E-state index contributed by atoms with van der Waals surface area (Å²) in [5.41, 5.74) is 0.828. The van der Waals surface area contributed by atoms with Gasteiger partial charge in [-0.2, -0.15) is 15.0 Å². The van der Waals surface area contributed by atoms with Crippen molar-refractivity contribution in [2.45, 2.75) is 58.1 Å². The van der Waals surface area contributed by atoms with Gasteiger partial charge in [-0.05, 0) is 69.5 Å². The molecule has 1 aromatic carbocycles. The van der Waals surface area contributed by atoms with Crippen LogP contribution < -0.4 is 16.0 Å². The van der Waals surface area contributed by atoms with E-state index in [-0.39, 0.29) is 5.28 Å². The average Bonchev–Trinajstić information content (AvgIpc) is 3.07. The zero-order valence-corrected chi connectivity index (χ0v) is 17.0. The van der Waals surface area contributed by atoms with Crippen molar-refractivity contribution in [1.29, 1.82) is 0 Å².